The standard InChI is InChI=1S/C10H15N5S2/c1-4-7(11-5-2)9-13-14-10(16-9)8-6(3)12-15-17-8/h7,11H,4-5H2,1-3H3. The zero-order chi connectivity index (χ0) is 12.3. The minimum absolute atomic E-state index is 0.299. The second kappa shape index (κ2) is 5.61. The monoisotopic (exact) mass is 269 g/mol. The fraction of sp³-hybridized carbons (Fsp3) is 0.600. The molecule has 92 valence electrons. The summed E-state index contributed by atoms with van der Waals surface area (Å²) in [5.74, 6) is 0. The van der Waals surface area contributed by atoms with Gasteiger partial charge in [0.05, 0.1) is 11.7 Å². The minimum Gasteiger partial charge on any atom is -0.308 e. The van der Waals surface area contributed by atoms with Crippen LogP contribution in [0.3, 0.4) is 0 Å². The minimum atomic E-state index is 0.299. The van der Waals surface area contributed by atoms with Gasteiger partial charge in [-0.3, -0.25) is 0 Å². The molecule has 2 heterocycles. The maximum Gasteiger partial charge on any atom is 0.161 e. The molecule has 2 aromatic heterocycles. The molecule has 0 bridgehead atoms. The molecule has 0 amide bonds. The second-order valence-corrected chi connectivity index (χ2v) is 5.41. The first-order chi connectivity index (χ1) is 8.26. The summed E-state index contributed by atoms with van der Waals surface area (Å²) in [6.45, 7) is 7.13. The Bertz CT molecular complexity index is 479. The van der Waals surface area contributed by atoms with Crippen LogP contribution in [0, 0.1) is 6.92 Å². The highest BCUT2D eigenvalue weighted by Gasteiger charge is 2.17. The summed E-state index contributed by atoms with van der Waals surface area (Å²) >= 11 is 3.00. The van der Waals surface area contributed by atoms with Crippen LogP contribution in [0.5, 0.6) is 0 Å². The molecule has 0 aromatic carbocycles. The van der Waals surface area contributed by atoms with Gasteiger partial charge >= 0.3 is 0 Å². The molecule has 5 nitrogen and oxygen atoms in total. The van der Waals surface area contributed by atoms with E-state index in [0.29, 0.717) is 6.04 Å². The van der Waals surface area contributed by atoms with Crippen LogP contribution in [-0.2, 0) is 0 Å². The first-order valence-electron chi connectivity index (χ1n) is 5.62. The van der Waals surface area contributed by atoms with Crippen molar-refractivity contribution in [2.75, 3.05) is 6.54 Å². The summed E-state index contributed by atoms with van der Waals surface area (Å²) in [5, 5.41) is 17.8. The Morgan fingerprint density at radius 2 is 2.06 bits per heavy atom. The smallest absolute Gasteiger partial charge is 0.161 e. The van der Waals surface area contributed by atoms with Crippen molar-refractivity contribution >= 4 is 22.9 Å². The first-order valence-corrected chi connectivity index (χ1v) is 7.21. The van der Waals surface area contributed by atoms with Crippen LogP contribution in [0.1, 0.15) is 37.0 Å². The van der Waals surface area contributed by atoms with Gasteiger partial charge in [0.1, 0.15) is 9.88 Å². The van der Waals surface area contributed by atoms with Gasteiger partial charge in [0.2, 0.25) is 0 Å². The van der Waals surface area contributed by atoms with Crippen molar-refractivity contribution in [1.82, 2.24) is 25.1 Å². The van der Waals surface area contributed by atoms with Gasteiger partial charge in [0, 0.05) is 0 Å². The average molecular weight is 269 g/mol. The molecule has 1 atom stereocenters. The highest BCUT2D eigenvalue weighted by atomic mass is 32.1. The Morgan fingerprint density at radius 3 is 2.65 bits per heavy atom. The number of hydrogen-bond acceptors (Lipinski definition) is 7. The lowest BCUT2D eigenvalue weighted by atomic mass is 10.2. The molecule has 0 spiro atoms. The molecule has 1 unspecified atom stereocenters. The average Bonchev–Trinajstić information content (AvgIpc) is 2.94. The normalized spacial score (nSPS) is 12.9. The van der Waals surface area contributed by atoms with E-state index in [1.807, 2.05) is 6.92 Å². The zero-order valence-corrected chi connectivity index (χ0v) is 11.7. The van der Waals surface area contributed by atoms with Gasteiger partial charge < -0.3 is 5.32 Å². The maximum absolute atomic E-state index is 4.26. The highest BCUT2D eigenvalue weighted by Crippen LogP contribution is 2.31. The maximum atomic E-state index is 4.26. The van der Waals surface area contributed by atoms with Crippen LogP contribution in [0.25, 0.3) is 9.88 Å². The third kappa shape index (κ3) is 2.67. The predicted molar refractivity (Wildman–Crippen MR) is 70.3 cm³/mol. The van der Waals surface area contributed by atoms with Gasteiger partial charge in [0.25, 0.3) is 0 Å². The number of nitrogens with one attached hydrogen (secondary N) is 1. The first kappa shape index (κ1) is 12.5. The van der Waals surface area contributed by atoms with Crippen molar-refractivity contribution in [3.8, 4) is 9.88 Å². The van der Waals surface area contributed by atoms with E-state index in [1.54, 1.807) is 11.3 Å². The van der Waals surface area contributed by atoms with Gasteiger partial charge in [-0.2, -0.15) is 0 Å². The molecule has 7 heteroatoms. The quantitative estimate of drug-likeness (QED) is 0.903. The Morgan fingerprint density at radius 1 is 1.24 bits per heavy atom. The summed E-state index contributed by atoms with van der Waals surface area (Å²) < 4.78 is 3.92. The summed E-state index contributed by atoms with van der Waals surface area (Å²) in [4.78, 5) is 1.03. The van der Waals surface area contributed by atoms with Crippen LogP contribution >= 0.6 is 22.9 Å². The Balaban J connectivity index is 2.24. The van der Waals surface area contributed by atoms with E-state index in [0.717, 1.165) is 33.6 Å². The molecule has 2 aromatic rings. The largest absolute Gasteiger partial charge is 0.308 e. The van der Waals surface area contributed by atoms with Crippen LogP contribution in [-0.4, -0.2) is 26.3 Å². The molecule has 0 aliphatic heterocycles. The molecule has 17 heavy (non-hydrogen) atoms. The number of aromatic nitrogens is 4. The van der Waals surface area contributed by atoms with E-state index < -0.39 is 0 Å². The van der Waals surface area contributed by atoms with Crippen molar-refractivity contribution in [1.29, 1.82) is 0 Å². The van der Waals surface area contributed by atoms with Crippen molar-refractivity contribution in [3.63, 3.8) is 0 Å². The number of nitrogens with zero attached hydrogens (tertiary/aromatic N) is 4. The highest BCUT2D eigenvalue weighted by molar-refractivity contribution is 7.19. The Hall–Kier alpha value is -0.920. The predicted octanol–water partition coefficient (Wildman–Crippen LogP) is 2.43. The molecule has 0 saturated carbocycles. The van der Waals surface area contributed by atoms with Crippen molar-refractivity contribution < 1.29 is 0 Å². The van der Waals surface area contributed by atoms with Gasteiger partial charge in [-0.25, -0.2) is 0 Å². The third-order valence-corrected chi connectivity index (χ3v) is 4.46. The van der Waals surface area contributed by atoms with Crippen LogP contribution in [0.2, 0.25) is 0 Å². The van der Waals surface area contributed by atoms with Crippen LogP contribution < -0.4 is 5.32 Å². The molecule has 0 aliphatic rings. The molecule has 1 N–H and O–H groups in total. The Labute approximate surface area is 108 Å². The SMILES string of the molecule is CCNC(CC)c1nnc(-c2snnc2C)s1. The second-order valence-electron chi connectivity index (χ2n) is 3.65. The van der Waals surface area contributed by atoms with Crippen molar-refractivity contribution in [2.24, 2.45) is 0 Å². The van der Waals surface area contributed by atoms with E-state index in [-0.39, 0.29) is 0 Å². The van der Waals surface area contributed by atoms with E-state index in [2.05, 4.69) is 38.9 Å². The van der Waals surface area contributed by atoms with Crippen LogP contribution in [0.15, 0.2) is 0 Å². The van der Waals surface area contributed by atoms with Gasteiger partial charge in [-0.15, -0.1) is 15.3 Å². The third-order valence-electron chi connectivity index (χ3n) is 2.44. The zero-order valence-electron chi connectivity index (χ0n) is 10.1. The van der Waals surface area contributed by atoms with Crippen molar-refractivity contribution in [3.05, 3.63) is 10.7 Å². The lowest BCUT2D eigenvalue weighted by molar-refractivity contribution is 0.531. The molecule has 0 fully saturated rings. The summed E-state index contributed by atoms with van der Waals surface area (Å²) in [6, 6.07) is 0.299. The van der Waals surface area contributed by atoms with Crippen LogP contribution in [0.4, 0.5) is 0 Å². The Kier molecular flexibility index (Phi) is 4.14. The number of aryl methyl sites for hydroxylation is 1. The molecule has 2 rings (SSSR count). The van der Waals surface area contributed by atoms with E-state index in [9.17, 15) is 0 Å². The summed E-state index contributed by atoms with van der Waals surface area (Å²) in [5.41, 5.74) is 0.925. The molecule has 0 aliphatic carbocycles. The van der Waals surface area contributed by atoms with Gasteiger partial charge in [-0.05, 0) is 31.4 Å². The van der Waals surface area contributed by atoms with Gasteiger partial charge in [-0.1, -0.05) is 29.7 Å². The fourth-order valence-corrected chi connectivity index (χ4v) is 3.32. The topological polar surface area (TPSA) is 63.6 Å². The molecular formula is C10H15N5S2. The van der Waals surface area contributed by atoms with E-state index >= 15 is 0 Å². The van der Waals surface area contributed by atoms with Gasteiger partial charge in [0.15, 0.2) is 5.01 Å². The number of rotatable bonds is 5. The summed E-state index contributed by atoms with van der Waals surface area (Å²) in [7, 11) is 0. The number of hydrogen-bond donors (Lipinski definition) is 1. The lowest BCUT2D eigenvalue weighted by Gasteiger charge is -2.10. The molecular weight excluding hydrogens is 254 g/mol. The van der Waals surface area contributed by atoms with E-state index in [1.165, 1.54) is 11.5 Å². The fourth-order valence-electron chi connectivity index (χ4n) is 1.55. The van der Waals surface area contributed by atoms with Crippen molar-refractivity contribution in [2.45, 2.75) is 33.2 Å². The molecule has 0 radical (unpaired) electrons. The lowest BCUT2D eigenvalue weighted by Crippen LogP contribution is -2.19. The molecule has 0 saturated heterocycles. The van der Waals surface area contributed by atoms with E-state index in [4.69, 9.17) is 0 Å². The summed E-state index contributed by atoms with van der Waals surface area (Å²) in [6.07, 6.45) is 1.02.